The average molecular weight is 387 g/mol. The number of piperidine rings is 1. The van der Waals surface area contributed by atoms with Crippen LogP contribution in [0.3, 0.4) is 0 Å². The van der Waals surface area contributed by atoms with E-state index < -0.39 is 6.04 Å². The molecule has 0 aliphatic carbocycles. The Morgan fingerprint density at radius 2 is 1.86 bits per heavy atom. The van der Waals surface area contributed by atoms with Crippen LogP contribution in [0.1, 0.15) is 44.6 Å². The third-order valence-corrected chi connectivity index (χ3v) is 5.70. The zero-order valence-corrected chi connectivity index (χ0v) is 17.0. The summed E-state index contributed by atoms with van der Waals surface area (Å²) >= 11 is 0. The summed E-state index contributed by atoms with van der Waals surface area (Å²) in [7, 11) is 0. The molecule has 1 aromatic carbocycles. The molecule has 0 bridgehead atoms. The van der Waals surface area contributed by atoms with Gasteiger partial charge in [0.05, 0.1) is 0 Å². The number of carbonyl (C=O) groups is 2. The normalized spacial score (nSPS) is 21.3. The van der Waals surface area contributed by atoms with E-state index in [9.17, 15) is 9.59 Å². The van der Waals surface area contributed by atoms with Crippen LogP contribution in [0, 0.1) is 0 Å². The van der Waals surface area contributed by atoms with Gasteiger partial charge in [-0.05, 0) is 44.2 Å². The molecule has 2 saturated heterocycles. The second-order valence-corrected chi connectivity index (χ2v) is 8.03. The first-order valence-electron chi connectivity index (χ1n) is 10.8. The molecule has 3 rings (SSSR count). The summed E-state index contributed by atoms with van der Waals surface area (Å²) < 4.78 is 0. The molecule has 2 aliphatic heterocycles. The Hall–Kier alpha value is -2.08. The largest absolute Gasteiger partial charge is 0.341 e. The van der Waals surface area contributed by atoms with Gasteiger partial charge in [0.1, 0.15) is 6.04 Å². The lowest BCUT2D eigenvalue weighted by atomic mass is 10.0. The van der Waals surface area contributed by atoms with E-state index in [2.05, 4.69) is 22.5 Å². The molecule has 0 aromatic heterocycles. The fourth-order valence-corrected chi connectivity index (χ4v) is 4.24. The number of hydrogen-bond acceptors (Lipinski definition) is 3. The molecule has 2 aliphatic rings. The van der Waals surface area contributed by atoms with Crippen LogP contribution in [0.2, 0.25) is 0 Å². The van der Waals surface area contributed by atoms with Crippen LogP contribution in [0.4, 0.5) is 4.79 Å². The number of urea groups is 1. The molecule has 2 fully saturated rings. The van der Waals surface area contributed by atoms with Crippen LogP contribution in [-0.4, -0.2) is 66.5 Å². The van der Waals surface area contributed by atoms with E-state index >= 15 is 0 Å². The van der Waals surface area contributed by atoms with Gasteiger partial charge in [0.15, 0.2) is 0 Å². The summed E-state index contributed by atoms with van der Waals surface area (Å²) in [5, 5.41) is 6.06. The Bertz CT molecular complexity index is 631. The van der Waals surface area contributed by atoms with Crippen LogP contribution >= 0.6 is 0 Å². The number of amides is 3. The molecule has 1 aromatic rings. The van der Waals surface area contributed by atoms with Crippen LogP contribution in [0.25, 0.3) is 0 Å². The molecule has 6 nitrogen and oxygen atoms in total. The van der Waals surface area contributed by atoms with Gasteiger partial charge >= 0.3 is 6.03 Å². The van der Waals surface area contributed by atoms with Crippen molar-refractivity contribution in [2.75, 3.05) is 32.7 Å². The summed E-state index contributed by atoms with van der Waals surface area (Å²) in [6, 6.07) is 9.34. The van der Waals surface area contributed by atoms with E-state index in [-0.39, 0.29) is 18.0 Å². The molecule has 6 heteroatoms. The first-order chi connectivity index (χ1) is 13.7. The van der Waals surface area contributed by atoms with E-state index in [1.165, 1.54) is 6.42 Å². The molecule has 2 unspecified atom stereocenters. The minimum absolute atomic E-state index is 0.0396. The molecule has 2 atom stereocenters. The minimum atomic E-state index is -0.520. The first kappa shape index (κ1) is 20.6. The average Bonchev–Trinajstić information content (AvgIpc) is 3.15. The van der Waals surface area contributed by atoms with Crippen LogP contribution < -0.4 is 10.6 Å². The lowest BCUT2D eigenvalue weighted by Gasteiger charge is -2.31. The summed E-state index contributed by atoms with van der Waals surface area (Å²) in [5.41, 5.74) is 1.06. The lowest BCUT2D eigenvalue weighted by molar-refractivity contribution is -0.134. The highest BCUT2D eigenvalue weighted by molar-refractivity contribution is 5.87. The number of carbonyl (C=O) groups excluding carboxylic acids is 2. The molecule has 0 saturated carbocycles. The Balaban J connectivity index is 1.59. The summed E-state index contributed by atoms with van der Waals surface area (Å²) in [4.78, 5) is 30.0. The highest BCUT2D eigenvalue weighted by Crippen LogP contribution is 2.13. The number of rotatable bonds is 7. The maximum Gasteiger partial charge on any atom is 0.315 e. The Labute approximate surface area is 168 Å². The zero-order valence-electron chi connectivity index (χ0n) is 17.0. The van der Waals surface area contributed by atoms with Gasteiger partial charge < -0.3 is 20.4 Å². The number of likely N-dealkylation sites (tertiary alicyclic amines) is 2. The Morgan fingerprint density at radius 3 is 2.57 bits per heavy atom. The SMILES string of the molecule is CCCN1CCC(NC(=O)NC(Cc2ccccc2)C(=O)N2CCCCC2)C1. The van der Waals surface area contributed by atoms with Gasteiger partial charge in [-0.1, -0.05) is 37.3 Å². The number of benzene rings is 1. The van der Waals surface area contributed by atoms with Gasteiger partial charge in [-0.2, -0.15) is 0 Å². The molecule has 2 heterocycles. The van der Waals surface area contributed by atoms with Crippen molar-refractivity contribution < 1.29 is 9.59 Å². The van der Waals surface area contributed by atoms with Crippen LogP contribution in [-0.2, 0) is 11.2 Å². The molecule has 154 valence electrons. The standard InChI is InChI=1S/C22H34N4O2/c1-2-12-25-15-11-19(17-25)23-22(28)24-20(16-18-9-5-3-6-10-18)21(27)26-13-7-4-8-14-26/h3,5-6,9-10,19-20H,2,4,7-8,11-17H2,1H3,(H2,23,24,28). The van der Waals surface area contributed by atoms with Crippen molar-refractivity contribution in [3.05, 3.63) is 35.9 Å². The quantitative estimate of drug-likeness (QED) is 0.756. The second kappa shape index (κ2) is 10.5. The lowest BCUT2D eigenvalue weighted by Crippen LogP contribution is -2.54. The smallest absolute Gasteiger partial charge is 0.315 e. The van der Waals surface area contributed by atoms with Gasteiger partial charge in [0.25, 0.3) is 0 Å². The van der Waals surface area contributed by atoms with Gasteiger partial charge in [-0.3, -0.25) is 4.79 Å². The van der Waals surface area contributed by atoms with Crippen molar-refractivity contribution in [3.8, 4) is 0 Å². The Kier molecular flexibility index (Phi) is 7.71. The van der Waals surface area contributed by atoms with Crippen molar-refractivity contribution in [1.82, 2.24) is 20.4 Å². The molecular weight excluding hydrogens is 352 g/mol. The number of hydrogen-bond donors (Lipinski definition) is 2. The highest BCUT2D eigenvalue weighted by atomic mass is 16.2. The van der Waals surface area contributed by atoms with Crippen LogP contribution in [0.5, 0.6) is 0 Å². The molecule has 0 radical (unpaired) electrons. The predicted octanol–water partition coefficient (Wildman–Crippen LogP) is 2.39. The van der Waals surface area contributed by atoms with Gasteiger partial charge in [-0.25, -0.2) is 4.79 Å². The third-order valence-electron chi connectivity index (χ3n) is 5.70. The second-order valence-electron chi connectivity index (χ2n) is 8.03. The van der Waals surface area contributed by atoms with Crippen molar-refractivity contribution in [2.45, 2.75) is 57.5 Å². The molecule has 3 amide bonds. The van der Waals surface area contributed by atoms with E-state index in [4.69, 9.17) is 0 Å². The molecule has 28 heavy (non-hydrogen) atoms. The van der Waals surface area contributed by atoms with Crippen molar-refractivity contribution in [1.29, 1.82) is 0 Å². The van der Waals surface area contributed by atoms with Gasteiger partial charge in [0.2, 0.25) is 5.91 Å². The zero-order chi connectivity index (χ0) is 19.8. The maximum absolute atomic E-state index is 13.1. The highest BCUT2D eigenvalue weighted by Gasteiger charge is 2.29. The van der Waals surface area contributed by atoms with Crippen molar-refractivity contribution >= 4 is 11.9 Å². The molecular formula is C22H34N4O2. The monoisotopic (exact) mass is 386 g/mol. The summed E-state index contributed by atoms with van der Waals surface area (Å²) in [6.07, 6.45) is 5.89. The van der Waals surface area contributed by atoms with Gasteiger partial charge in [-0.15, -0.1) is 0 Å². The van der Waals surface area contributed by atoms with E-state index in [1.807, 2.05) is 35.2 Å². The predicted molar refractivity (Wildman–Crippen MR) is 111 cm³/mol. The molecule has 2 N–H and O–H groups in total. The van der Waals surface area contributed by atoms with Crippen LogP contribution in [0.15, 0.2) is 30.3 Å². The first-order valence-corrected chi connectivity index (χ1v) is 10.8. The van der Waals surface area contributed by atoms with E-state index in [0.717, 1.165) is 64.0 Å². The third kappa shape index (κ3) is 5.96. The number of nitrogens with one attached hydrogen (secondary N) is 2. The fraction of sp³-hybridized carbons (Fsp3) is 0.636. The maximum atomic E-state index is 13.1. The minimum Gasteiger partial charge on any atom is -0.341 e. The topological polar surface area (TPSA) is 64.7 Å². The van der Waals surface area contributed by atoms with Crippen molar-refractivity contribution in [3.63, 3.8) is 0 Å². The summed E-state index contributed by atoms with van der Waals surface area (Å²) in [6.45, 7) is 6.76. The van der Waals surface area contributed by atoms with E-state index in [1.54, 1.807) is 0 Å². The van der Waals surface area contributed by atoms with Gasteiger partial charge in [0, 0.05) is 38.6 Å². The molecule has 0 spiro atoms. The Morgan fingerprint density at radius 1 is 1.11 bits per heavy atom. The van der Waals surface area contributed by atoms with Crippen molar-refractivity contribution in [2.24, 2.45) is 0 Å². The summed E-state index contributed by atoms with van der Waals surface area (Å²) in [5.74, 6) is 0.0396. The number of nitrogens with zero attached hydrogens (tertiary/aromatic N) is 2. The van der Waals surface area contributed by atoms with E-state index in [0.29, 0.717) is 6.42 Å². The fourth-order valence-electron chi connectivity index (χ4n) is 4.24.